The van der Waals surface area contributed by atoms with Gasteiger partial charge in [-0.2, -0.15) is 5.10 Å². The number of para-hydroxylation sites is 1. The van der Waals surface area contributed by atoms with Crippen molar-refractivity contribution in [2.45, 2.75) is 39.3 Å². The Kier molecular flexibility index (Phi) is 3.25. The van der Waals surface area contributed by atoms with Gasteiger partial charge in [-0.1, -0.05) is 18.2 Å². The van der Waals surface area contributed by atoms with Crippen molar-refractivity contribution in [3.8, 4) is 0 Å². The summed E-state index contributed by atoms with van der Waals surface area (Å²) in [5.41, 5.74) is 8.19. The molecule has 0 bridgehead atoms. The Bertz CT molecular complexity index is 471. The van der Waals surface area contributed by atoms with E-state index in [2.05, 4.69) is 41.0 Å². The van der Waals surface area contributed by atoms with E-state index in [-0.39, 0.29) is 6.04 Å². The lowest BCUT2D eigenvalue weighted by Crippen LogP contribution is -2.15. The molecule has 0 fully saturated rings. The number of aryl methyl sites for hydroxylation is 2. The van der Waals surface area contributed by atoms with Crippen molar-refractivity contribution in [3.05, 3.63) is 30.0 Å². The van der Waals surface area contributed by atoms with Gasteiger partial charge in [-0.05, 0) is 32.8 Å². The summed E-state index contributed by atoms with van der Waals surface area (Å²) in [6.45, 7) is 5.08. The first-order valence-electron chi connectivity index (χ1n) is 5.92. The van der Waals surface area contributed by atoms with Gasteiger partial charge in [0.1, 0.15) is 0 Å². The molecule has 0 saturated carbocycles. The van der Waals surface area contributed by atoms with E-state index in [4.69, 9.17) is 5.73 Å². The normalized spacial score (nSPS) is 13.2. The molecule has 1 aromatic carbocycles. The second-order valence-electron chi connectivity index (χ2n) is 4.30. The van der Waals surface area contributed by atoms with Crippen molar-refractivity contribution in [3.63, 3.8) is 0 Å². The maximum Gasteiger partial charge on any atom is 0.0703 e. The maximum atomic E-state index is 5.79. The lowest BCUT2D eigenvalue weighted by Gasteiger charge is -2.01. The van der Waals surface area contributed by atoms with Gasteiger partial charge < -0.3 is 5.73 Å². The van der Waals surface area contributed by atoms with Crippen LogP contribution in [0.1, 0.15) is 26.0 Å². The lowest BCUT2D eigenvalue weighted by atomic mass is 10.1. The Balaban J connectivity index is 2.37. The summed E-state index contributed by atoms with van der Waals surface area (Å²) in [5.74, 6) is 0. The Morgan fingerprint density at radius 3 is 2.81 bits per heavy atom. The van der Waals surface area contributed by atoms with Gasteiger partial charge in [0.2, 0.25) is 0 Å². The summed E-state index contributed by atoms with van der Waals surface area (Å²) in [6.07, 6.45) is 1.95. The zero-order valence-electron chi connectivity index (χ0n) is 9.98. The molecule has 0 spiro atoms. The van der Waals surface area contributed by atoms with Gasteiger partial charge in [0, 0.05) is 18.0 Å². The summed E-state index contributed by atoms with van der Waals surface area (Å²) in [7, 11) is 0. The highest BCUT2D eigenvalue weighted by Gasteiger charge is 2.09. The smallest absolute Gasteiger partial charge is 0.0703 e. The number of rotatable bonds is 4. The molecule has 0 saturated heterocycles. The number of nitrogens with zero attached hydrogens (tertiary/aromatic N) is 2. The van der Waals surface area contributed by atoms with Crippen LogP contribution in [0.3, 0.4) is 0 Å². The van der Waals surface area contributed by atoms with Gasteiger partial charge in [-0.25, -0.2) is 0 Å². The van der Waals surface area contributed by atoms with Gasteiger partial charge in [-0.15, -0.1) is 0 Å². The maximum absolute atomic E-state index is 5.79. The third-order valence-electron chi connectivity index (χ3n) is 2.87. The van der Waals surface area contributed by atoms with E-state index >= 15 is 0 Å². The number of hydrogen-bond donors (Lipinski definition) is 1. The molecule has 1 heterocycles. The number of benzene rings is 1. The molecule has 0 aliphatic heterocycles. The minimum absolute atomic E-state index is 0.241. The first kappa shape index (κ1) is 11.1. The Morgan fingerprint density at radius 2 is 2.12 bits per heavy atom. The predicted octanol–water partition coefficient (Wildman–Crippen LogP) is 2.34. The second-order valence-corrected chi connectivity index (χ2v) is 4.30. The van der Waals surface area contributed by atoms with Crippen LogP contribution >= 0.6 is 0 Å². The molecule has 1 aromatic heterocycles. The quantitative estimate of drug-likeness (QED) is 0.854. The monoisotopic (exact) mass is 217 g/mol. The highest BCUT2D eigenvalue weighted by molar-refractivity contribution is 5.81. The zero-order chi connectivity index (χ0) is 11.5. The fraction of sp³-hybridized carbons (Fsp3) is 0.462. The van der Waals surface area contributed by atoms with E-state index in [1.165, 1.54) is 16.6 Å². The second kappa shape index (κ2) is 4.66. The molecule has 16 heavy (non-hydrogen) atoms. The fourth-order valence-electron chi connectivity index (χ4n) is 1.99. The number of hydrogen-bond acceptors (Lipinski definition) is 2. The Morgan fingerprint density at radius 1 is 1.38 bits per heavy atom. The van der Waals surface area contributed by atoms with Gasteiger partial charge in [0.15, 0.2) is 0 Å². The van der Waals surface area contributed by atoms with Crippen molar-refractivity contribution >= 4 is 10.9 Å². The van der Waals surface area contributed by atoms with E-state index in [1.54, 1.807) is 0 Å². The van der Waals surface area contributed by atoms with Crippen LogP contribution in [0.2, 0.25) is 0 Å². The molecular formula is C13H19N3. The third kappa shape index (κ3) is 2.09. The van der Waals surface area contributed by atoms with Crippen LogP contribution in [0.5, 0.6) is 0 Å². The summed E-state index contributed by atoms with van der Waals surface area (Å²) >= 11 is 0. The average molecular weight is 217 g/mol. The summed E-state index contributed by atoms with van der Waals surface area (Å²) in [4.78, 5) is 0. The molecular weight excluding hydrogens is 198 g/mol. The van der Waals surface area contributed by atoms with Crippen molar-refractivity contribution in [2.24, 2.45) is 5.73 Å². The van der Waals surface area contributed by atoms with Gasteiger partial charge >= 0.3 is 0 Å². The van der Waals surface area contributed by atoms with Crippen LogP contribution in [-0.4, -0.2) is 15.8 Å². The summed E-state index contributed by atoms with van der Waals surface area (Å²) < 4.78 is 2.06. The van der Waals surface area contributed by atoms with Crippen LogP contribution in [0, 0.1) is 0 Å². The highest BCUT2D eigenvalue weighted by Crippen LogP contribution is 2.19. The molecule has 3 nitrogen and oxygen atoms in total. The zero-order valence-corrected chi connectivity index (χ0v) is 9.98. The average Bonchev–Trinajstić information content (AvgIpc) is 2.65. The highest BCUT2D eigenvalue weighted by atomic mass is 15.3. The molecule has 1 unspecified atom stereocenters. The van der Waals surface area contributed by atoms with Crippen LogP contribution in [0.15, 0.2) is 24.3 Å². The molecule has 0 aliphatic rings. The van der Waals surface area contributed by atoms with Crippen molar-refractivity contribution in [2.75, 3.05) is 0 Å². The van der Waals surface area contributed by atoms with Crippen molar-refractivity contribution in [1.29, 1.82) is 0 Å². The third-order valence-corrected chi connectivity index (χ3v) is 2.87. The largest absolute Gasteiger partial charge is 0.328 e. The van der Waals surface area contributed by atoms with E-state index in [0.717, 1.165) is 19.4 Å². The minimum Gasteiger partial charge on any atom is -0.328 e. The number of nitrogens with two attached hydrogens (primary N) is 1. The van der Waals surface area contributed by atoms with E-state index < -0.39 is 0 Å². The first-order chi connectivity index (χ1) is 7.72. The van der Waals surface area contributed by atoms with Gasteiger partial charge in [-0.3, -0.25) is 4.68 Å². The predicted molar refractivity (Wildman–Crippen MR) is 67.4 cm³/mol. The molecule has 1 atom stereocenters. The molecule has 0 amide bonds. The van der Waals surface area contributed by atoms with E-state index in [9.17, 15) is 0 Å². The Labute approximate surface area is 96.2 Å². The van der Waals surface area contributed by atoms with Crippen LogP contribution in [0.25, 0.3) is 10.9 Å². The first-order valence-corrected chi connectivity index (χ1v) is 5.92. The molecule has 2 rings (SSSR count). The van der Waals surface area contributed by atoms with Gasteiger partial charge in [0.05, 0.1) is 11.2 Å². The Hall–Kier alpha value is -1.35. The molecule has 0 aliphatic carbocycles. The summed E-state index contributed by atoms with van der Waals surface area (Å²) in [6, 6.07) is 8.64. The van der Waals surface area contributed by atoms with E-state index in [0.29, 0.717) is 0 Å². The van der Waals surface area contributed by atoms with Crippen molar-refractivity contribution in [1.82, 2.24) is 9.78 Å². The molecule has 2 aromatic rings. The molecule has 0 radical (unpaired) electrons. The number of fused-ring (bicyclic) bond motifs is 1. The SMILES string of the molecule is CCn1nc(CCC(C)N)c2ccccc21. The minimum atomic E-state index is 0.241. The lowest BCUT2D eigenvalue weighted by molar-refractivity contribution is 0.629. The fourth-order valence-corrected chi connectivity index (χ4v) is 1.99. The molecule has 2 N–H and O–H groups in total. The topological polar surface area (TPSA) is 43.8 Å². The van der Waals surface area contributed by atoms with E-state index in [1.807, 2.05) is 6.92 Å². The summed E-state index contributed by atoms with van der Waals surface area (Å²) in [5, 5.41) is 5.91. The standard InChI is InChI=1S/C13H19N3/c1-3-16-13-7-5-4-6-11(13)12(15-16)9-8-10(2)14/h4-7,10H,3,8-9,14H2,1-2H3. The van der Waals surface area contributed by atoms with Crippen LogP contribution < -0.4 is 5.73 Å². The van der Waals surface area contributed by atoms with Crippen LogP contribution in [-0.2, 0) is 13.0 Å². The molecule has 3 heteroatoms. The van der Waals surface area contributed by atoms with Gasteiger partial charge in [0.25, 0.3) is 0 Å². The molecule has 86 valence electrons. The van der Waals surface area contributed by atoms with Crippen molar-refractivity contribution < 1.29 is 0 Å². The van der Waals surface area contributed by atoms with Crippen LogP contribution in [0.4, 0.5) is 0 Å². The number of aromatic nitrogens is 2.